The van der Waals surface area contributed by atoms with Gasteiger partial charge in [0.2, 0.25) is 5.95 Å². The van der Waals surface area contributed by atoms with Crippen molar-refractivity contribution in [2.45, 2.75) is 26.9 Å². The first-order valence-corrected chi connectivity index (χ1v) is 8.75. The number of carbonyl (C=O) groups is 1. The van der Waals surface area contributed by atoms with Crippen molar-refractivity contribution in [3.63, 3.8) is 0 Å². The Bertz CT molecular complexity index is 923. The highest BCUT2D eigenvalue weighted by atomic mass is 16.5. The van der Waals surface area contributed by atoms with Crippen LogP contribution in [0.2, 0.25) is 0 Å². The van der Waals surface area contributed by atoms with Gasteiger partial charge in [-0.1, -0.05) is 12.1 Å². The van der Waals surface area contributed by atoms with E-state index >= 15 is 0 Å². The Kier molecular flexibility index (Phi) is 5.66. The zero-order valence-electron chi connectivity index (χ0n) is 15.6. The van der Waals surface area contributed by atoms with Gasteiger partial charge < -0.3 is 15.4 Å². The van der Waals surface area contributed by atoms with Gasteiger partial charge in [-0.05, 0) is 63.2 Å². The molecule has 27 heavy (non-hydrogen) atoms. The molecule has 1 heterocycles. The molecule has 0 fully saturated rings. The van der Waals surface area contributed by atoms with Crippen molar-refractivity contribution in [3.8, 4) is 5.75 Å². The molecule has 0 radical (unpaired) electrons. The highest BCUT2D eigenvalue weighted by molar-refractivity contribution is 5.94. The molecule has 0 spiro atoms. The van der Waals surface area contributed by atoms with Crippen LogP contribution >= 0.6 is 0 Å². The van der Waals surface area contributed by atoms with Crippen LogP contribution in [0.4, 0.5) is 23.1 Å². The highest BCUT2D eigenvalue weighted by Gasteiger charge is 2.07. The van der Waals surface area contributed by atoms with Crippen molar-refractivity contribution >= 4 is 28.9 Å². The number of benzene rings is 2. The number of anilines is 4. The van der Waals surface area contributed by atoms with Gasteiger partial charge in [0, 0.05) is 17.4 Å². The van der Waals surface area contributed by atoms with Crippen molar-refractivity contribution in [2.75, 3.05) is 10.6 Å². The number of para-hydroxylation sites is 2. The van der Waals surface area contributed by atoms with E-state index in [0.29, 0.717) is 17.3 Å². The maximum atomic E-state index is 11.4. The molecule has 6 heteroatoms. The van der Waals surface area contributed by atoms with Gasteiger partial charge in [-0.3, -0.25) is 4.79 Å². The van der Waals surface area contributed by atoms with Gasteiger partial charge in [-0.15, -0.1) is 0 Å². The summed E-state index contributed by atoms with van der Waals surface area (Å²) in [6.45, 7) is 5.52. The molecule has 0 unspecified atom stereocenters. The van der Waals surface area contributed by atoms with Gasteiger partial charge in [-0.2, -0.15) is 4.98 Å². The number of ether oxygens (including phenoxy) is 1. The predicted molar refractivity (Wildman–Crippen MR) is 107 cm³/mol. The molecule has 0 bridgehead atoms. The van der Waals surface area contributed by atoms with Crippen LogP contribution in [0.1, 0.15) is 31.1 Å². The Morgan fingerprint density at radius 1 is 1.00 bits per heavy atom. The number of nitrogens with zero attached hydrogens (tertiary/aromatic N) is 2. The Labute approximate surface area is 158 Å². The molecule has 138 valence electrons. The molecule has 0 saturated carbocycles. The Balaban J connectivity index is 1.75. The monoisotopic (exact) mass is 362 g/mol. The predicted octanol–water partition coefficient (Wildman–Crippen LogP) is 4.95. The van der Waals surface area contributed by atoms with Gasteiger partial charge in [0.15, 0.2) is 5.78 Å². The zero-order valence-corrected chi connectivity index (χ0v) is 15.6. The standard InChI is InChI=1S/C21H22N4O2/c1-14(2)27-19-7-5-4-6-18(19)24-20-12-13-22-21(25-20)23-17-10-8-16(9-11-17)15(3)26/h4-14H,1-3H3,(H2,22,23,24,25). The van der Waals surface area contributed by atoms with Gasteiger partial charge in [0.05, 0.1) is 11.8 Å². The average Bonchev–Trinajstić information content (AvgIpc) is 2.64. The third kappa shape index (κ3) is 5.04. The van der Waals surface area contributed by atoms with Crippen LogP contribution in [0, 0.1) is 0 Å². The summed E-state index contributed by atoms with van der Waals surface area (Å²) in [6.07, 6.45) is 1.75. The number of Topliss-reactive ketones (excluding diaryl/α,β-unsaturated/α-hetero) is 1. The molecule has 0 aliphatic heterocycles. The normalized spacial score (nSPS) is 10.5. The first kappa shape index (κ1) is 18.4. The number of aromatic nitrogens is 2. The lowest BCUT2D eigenvalue weighted by atomic mass is 10.1. The largest absolute Gasteiger partial charge is 0.489 e. The molecule has 0 aliphatic carbocycles. The second-order valence-electron chi connectivity index (χ2n) is 6.31. The molecule has 3 rings (SSSR count). The van der Waals surface area contributed by atoms with E-state index in [4.69, 9.17) is 4.74 Å². The fraction of sp³-hybridized carbons (Fsp3) is 0.190. The van der Waals surface area contributed by atoms with E-state index in [-0.39, 0.29) is 11.9 Å². The summed E-state index contributed by atoms with van der Waals surface area (Å²) >= 11 is 0. The summed E-state index contributed by atoms with van der Waals surface area (Å²) in [5, 5.41) is 6.41. The second kappa shape index (κ2) is 8.31. The maximum Gasteiger partial charge on any atom is 0.229 e. The molecular formula is C21H22N4O2. The molecule has 0 amide bonds. The SMILES string of the molecule is CC(=O)c1ccc(Nc2nccc(Nc3ccccc3OC(C)C)n2)cc1. The number of hydrogen-bond donors (Lipinski definition) is 2. The summed E-state index contributed by atoms with van der Waals surface area (Å²) in [5.74, 6) is 1.90. The summed E-state index contributed by atoms with van der Waals surface area (Å²) in [5.41, 5.74) is 2.31. The maximum absolute atomic E-state index is 11.4. The van der Waals surface area contributed by atoms with E-state index in [0.717, 1.165) is 17.1 Å². The number of hydrogen-bond acceptors (Lipinski definition) is 6. The lowest BCUT2D eigenvalue weighted by Crippen LogP contribution is -2.07. The van der Waals surface area contributed by atoms with E-state index in [1.807, 2.05) is 50.2 Å². The van der Waals surface area contributed by atoms with Crippen molar-refractivity contribution < 1.29 is 9.53 Å². The first-order valence-electron chi connectivity index (χ1n) is 8.75. The number of nitrogens with one attached hydrogen (secondary N) is 2. The Hall–Kier alpha value is -3.41. The summed E-state index contributed by atoms with van der Waals surface area (Å²) < 4.78 is 5.82. The number of rotatable bonds is 7. The van der Waals surface area contributed by atoms with E-state index in [1.165, 1.54) is 0 Å². The van der Waals surface area contributed by atoms with Crippen LogP contribution in [-0.4, -0.2) is 21.9 Å². The van der Waals surface area contributed by atoms with E-state index in [9.17, 15) is 4.79 Å². The van der Waals surface area contributed by atoms with E-state index < -0.39 is 0 Å². The third-order valence-corrected chi connectivity index (χ3v) is 3.72. The minimum absolute atomic E-state index is 0.0336. The fourth-order valence-corrected chi connectivity index (χ4v) is 2.47. The van der Waals surface area contributed by atoms with E-state index in [1.54, 1.807) is 31.3 Å². The molecule has 0 aliphatic rings. The second-order valence-corrected chi connectivity index (χ2v) is 6.31. The molecule has 6 nitrogen and oxygen atoms in total. The molecular weight excluding hydrogens is 340 g/mol. The molecule has 2 aromatic carbocycles. The average molecular weight is 362 g/mol. The number of ketones is 1. The fourth-order valence-electron chi connectivity index (χ4n) is 2.47. The summed E-state index contributed by atoms with van der Waals surface area (Å²) in [7, 11) is 0. The van der Waals surface area contributed by atoms with E-state index in [2.05, 4.69) is 20.6 Å². The lowest BCUT2D eigenvalue weighted by Gasteiger charge is -2.15. The Morgan fingerprint density at radius 3 is 2.44 bits per heavy atom. The van der Waals surface area contributed by atoms with Crippen molar-refractivity contribution in [1.82, 2.24) is 9.97 Å². The third-order valence-electron chi connectivity index (χ3n) is 3.72. The molecule has 1 aromatic heterocycles. The van der Waals surface area contributed by atoms with Gasteiger partial charge in [0.25, 0.3) is 0 Å². The molecule has 0 atom stereocenters. The highest BCUT2D eigenvalue weighted by Crippen LogP contribution is 2.28. The Morgan fingerprint density at radius 2 is 1.74 bits per heavy atom. The lowest BCUT2D eigenvalue weighted by molar-refractivity contribution is 0.101. The minimum Gasteiger partial charge on any atom is -0.489 e. The molecule has 2 N–H and O–H groups in total. The zero-order chi connectivity index (χ0) is 19.2. The van der Waals surface area contributed by atoms with Crippen molar-refractivity contribution in [1.29, 1.82) is 0 Å². The smallest absolute Gasteiger partial charge is 0.229 e. The molecule has 0 saturated heterocycles. The van der Waals surface area contributed by atoms with Gasteiger partial charge in [0.1, 0.15) is 11.6 Å². The summed E-state index contributed by atoms with van der Waals surface area (Å²) in [4.78, 5) is 20.1. The van der Waals surface area contributed by atoms with Crippen LogP contribution in [0.15, 0.2) is 60.8 Å². The topological polar surface area (TPSA) is 76.1 Å². The van der Waals surface area contributed by atoms with Gasteiger partial charge >= 0.3 is 0 Å². The van der Waals surface area contributed by atoms with Crippen LogP contribution < -0.4 is 15.4 Å². The summed E-state index contributed by atoms with van der Waals surface area (Å²) in [6, 6.07) is 16.7. The van der Waals surface area contributed by atoms with Crippen molar-refractivity contribution in [2.24, 2.45) is 0 Å². The quantitative estimate of drug-likeness (QED) is 0.579. The van der Waals surface area contributed by atoms with Crippen LogP contribution in [0.5, 0.6) is 5.75 Å². The minimum atomic E-state index is 0.0336. The van der Waals surface area contributed by atoms with Crippen LogP contribution in [0.25, 0.3) is 0 Å². The first-order chi connectivity index (χ1) is 13.0. The van der Waals surface area contributed by atoms with Crippen molar-refractivity contribution in [3.05, 3.63) is 66.4 Å². The number of carbonyl (C=O) groups excluding carboxylic acids is 1. The van der Waals surface area contributed by atoms with Crippen LogP contribution in [-0.2, 0) is 0 Å². The molecule has 3 aromatic rings. The van der Waals surface area contributed by atoms with Crippen LogP contribution in [0.3, 0.4) is 0 Å². The van der Waals surface area contributed by atoms with Gasteiger partial charge in [-0.25, -0.2) is 4.98 Å².